The number of nitrogens with one attached hydrogen (secondary N) is 1. The van der Waals surface area contributed by atoms with Gasteiger partial charge in [0, 0.05) is 40.0 Å². The number of carboxylic acids is 1. The number of rotatable bonds is 7. The van der Waals surface area contributed by atoms with Crippen molar-refractivity contribution in [3.8, 4) is 10.4 Å². The van der Waals surface area contributed by atoms with Crippen molar-refractivity contribution in [2.24, 2.45) is 11.8 Å². The Hall–Kier alpha value is -3.52. The predicted octanol–water partition coefficient (Wildman–Crippen LogP) is 6.64. The lowest BCUT2D eigenvalue weighted by Gasteiger charge is -2.33. The molecule has 0 radical (unpaired) electrons. The molecule has 7 nitrogen and oxygen atoms in total. The van der Waals surface area contributed by atoms with Crippen LogP contribution in [0.5, 0.6) is 0 Å². The van der Waals surface area contributed by atoms with Gasteiger partial charge < -0.3 is 15.3 Å². The quantitative estimate of drug-likeness (QED) is 0.365. The first kappa shape index (κ1) is 26.5. The summed E-state index contributed by atoms with van der Waals surface area (Å²) in [7, 11) is 0. The number of carboxylic acid groups (broad SMARTS) is 1. The molecule has 2 heterocycles. The molecule has 4 rings (SSSR count). The van der Waals surface area contributed by atoms with Crippen molar-refractivity contribution in [3.63, 3.8) is 0 Å². The standard InChI is InChI=1S/C29H33N3O4S/c1-17(2)32(28(34)21-7-5-18(3)6-8-21)24-16-25(37-26(24)29(35)36)20-9-11-23(12-10-20)31-27(33)22-13-14-30-19(4)15-22/h9-18,21H,5-8H2,1-4H3,(H,31,33)(H,35,36)/t18-,21-. The van der Waals surface area contributed by atoms with Gasteiger partial charge in [-0.05, 0) is 88.3 Å². The Kier molecular flexibility index (Phi) is 8.07. The van der Waals surface area contributed by atoms with Crippen molar-refractivity contribution in [1.29, 1.82) is 0 Å². The number of nitrogens with zero attached hydrogens (tertiary/aromatic N) is 2. The van der Waals surface area contributed by atoms with Crippen molar-refractivity contribution in [3.05, 3.63) is 64.8 Å². The molecule has 8 heteroatoms. The highest BCUT2D eigenvalue weighted by Crippen LogP contribution is 2.40. The monoisotopic (exact) mass is 519 g/mol. The van der Waals surface area contributed by atoms with Crippen LogP contribution in [-0.4, -0.2) is 33.9 Å². The van der Waals surface area contributed by atoms with Crippen LogP contribution in [0.15, 0.2) is 48.7 Å². The Bertz CT molecular complexity index is 1290. The van der Waals surface area contributed by atoms with E-state index in [1.807, 2.05) is 39.0 Å². The zero-order valence-corrected chi connectivity index (χ0v) is 22.5. The third-order valence-electron chi connectivity index (χ3n) is 6.87. The minimum absolute atomic E-state index is 0.0122. The molecule has 194 valence electrons. The molecular weight excluding hydrogens is 486 g/mol. The van der Waals surface area contributed by atoms with E-state index in [0.29, 0.717) is 22.9 Å². The second kappa shape index (κ2) is 11.3. The van der Waals surface area contributed by atoms with Crippen LogP contribution >= 0.6 is 11.3 Å². The average Bonchev–Trinajstić information content (AvgIpc) is 3.30. The molecule has 0 bridgehead atoms. The SMILES string of the molecule is Cc1cc(C(=O)Nc2ccc(-c3cc(N(C(=O)[C@H]4CC[C@H](C)CC4)C(C)C)c(C(=O)O)s3)cc2)ccn1. The Morgan fingerprint density at radius 1 is 1.05 bits per heavy atom. The third-order valence-corrected chi connectivity index (χ3v) is 8.03. The van der Waals surface area contributed by atoms with Crippen LogP contribution in [0.1, 0.15) is 72.2 Å². The molecule has 3 aromatic rings. The van der Waals surface area contributed by atoms with Gasteiger partial charge in [0.25, 0.3) is 5.91 Å². The van der Waals surface area contributed by atoms with Gasteiger partial charge in [-0.15, -0.1) is 11.3 Å². The number of aromatic nitrogens is 1. The molecule has 0 saturated heterocycles. The second-order valence-corrected chi connectivity index (χ2v) is 11.2. The van der Waals surface area contributed by atoms with Crippen molar-refractivity contribution in [1.82, 2.24) is 4.98 Å². The van der Waals surface area contributed by atoms with Crippen molar-refractivity contribution in [2.75, 3.05) is 10.2 Å². The summed E-state index contributed by atoms with van der Waals surface area (Å²) in [6.45, 7) is 7.89. The molecule has 2 N–H and O–H groups in total. The maximum absolute atomic E-state index is 13.5. The van der Waals surface area contributed by atoms with Gasteiger partial charge in [-0.25, -0.2) is 4.79 Å². The fourth-order valence-electron chi connectivity index (χ4n) is 4.82. The van der Waals surface area contributed by atoms with Crippen molar-refractivity contribution >= 4 is 40.5 Å². The van der Waals surface area contributed by atoms with Gasteiger partial charge in [0.1, 0.15) is 4.88 Å². The second-order valence-electron chi connectivity index (χ2n) is 10.1. The number of hydrogen-bond donors (Lipinski definition) is 2. The maximum Gasteiger partial charge on any atom is 0.348 e. The molecule has 0 unspecified atom stereocenters. The van der Waals surface area contributed by atoms with Crippen molar-refractivity contribution < 1.29 is 19.5 Å². The van der Waals surface area contributed by atoms with Gasteiger partial charge in [-0.3, -0.25) is 14.6 Å². The van der Waals surface area contributed by atoms with E-state index in [0.717, 1.165) is 53.2 Å². The van der Waals surface area contributed by atoms with Gasteiger partial charge in [0.05, 0.1) is 5.69 Å². The average molecular weight is 520 g/mol. The van der Waals surface area contributed by atoms with E-state index in [2.05, 4.69) is 17.2 Å². The van der Waals surface area contributed by atoms with Gasteiger partial charge in [0.15, 0.2) is 0 Å². The smallest absolute Gasteiger partial charge is 0.348 e. The largest absolute Gasteiger partial charge is 0.477 e. The number of amides is 2. The molecule has 2 amide bonds. The number of aryl methyl sites for hydroxylation is 1. The Balaban J connectivity index is 1.58. The van der Waals surface area contributed by atoms with Crippen molar-refractivity contribution in [2.45, 2.75) is 59.4 Å². The van der Waals surface area contributed by atoms with Gasteiger partial charge in [0.2, 0.25) is 5.91 Å². The van der Waals surface area contributed by atoms with Gasteiger partial charge in [-0.2, -0.15) is 0 Å². The third kappa shape index (κ3) is 6.07. The molecule has 0 spiro atoms. The molecule has 1 aromatic carbocycles. The number of aromatic carboxylic acids is 1. The van der Waals surface area contributed by atoms with E-state index in [1.54, 1.807) is 35.4 Å². The molecule has 0 aliphatic heterocycles. The number of carbonyl (C=O) groups is 3. The Morgan fingerprint density at radius 2 is 1.73 bits per heavy atom. The molecule has 0 atom stereocenters. The number of pyridine rings is 1. The molecule has 2 aromatic heterocycles. The normalized spacial score (nSPS) is 17.4. The first-order chi connectivity index (χ1) is 17.6. The summed E-state index contributed by atoms with van der Waals surface area (Å²) < 4.78 is 0. The van der Waals surface area contributed by atoms with Crippen LogP contribution in [0.3, 0.4) is 0 Å². The number of hydrogen-bond acceptors (Lipinski definition) is 5. The van der Waals surface area contributed by atoms with Gasteiger partial charge >= 0.3 is 5.97 Å². The lowest BCUT2D eigenvalue weighted by Crippen LogP contribution is -2.42. The molecular formula is C29H33N3O4S. The minimum atomic E-state index is -1.04. The first-order valence-corrected chi connectivity index (χ1v) is 13.5. The Morgan fingerprint density at radius 3 is 2.32 bits per heavy atom. The molecule has 1 aliphatic carbocycles. The van der Waals surface area contributed by atoms with E-state index < -0.39 is 5.97 Å². The lowest BCUT2D eigenvalue weighted by molar-refractivity contribution is -0.123. The van der Waals surface area contributed by atoms with E-state index >= 15 is 0 Å². The number of thiophene rings is 1. The maximum atomic E-state index is 13.5. The summed E-state index contributed by atoms with van der Waals surface area (Å²) in [4.78, 5) is 45.0. The summed E-state index contributed by atoms with van der Waals surface area (Å²) in [6, 6.07) is 12.3. The lowest BCUT2D eigenvalue weighted by atomic mass is 9.82. The zero-order valence-electron chi connectivity index (χ0n) is 21.7. The summed E-state index contributed by atoms with van der Waals surface area (Å²) in [5.41, 5.74) is 3.19. The summed E-state index contributed by atoms with van der Waals surface area (Å²) in [5.74, 6) is -0.708. The van der Waals surface area contributed by atoms with Gasteiger partial charge in [-0.1, -0.05) is 19.1 Å². The zero-order chi connectivity index (χ0) is 26.7. The number of carbonyl (C=O) groups excluding carboxylic acids is 2. The molecule has 1 aliphatic rings. The topological polar surface area (TPSA) is 99.6 Å². The highest BCUT2D eigenvalue weighted by Gasteiger charge is 2.33. The van der Waals surface area contributed by atoms with Crippen LogP contribution in [0.25, 0.3) is 10.4 Å². The van der Waals surface area contributed by atoms with Crippen LogP contribution in [0, 0.1) is 18.8 Å². The number of anilines is 2. The predicted molar refractivity (Wildman–Crippen MR) is 147 cm³/mol. The molecule has 1 saturated carbocycles. The first-order valence-electron chi connectivity index (χ1n) is 12.7. The van der Waals surface area contributed by atoms with Crippen LogP contribution in [0.2, 0.25) is 0 Å². The summed E-state index contributed by atoms with van der Waals surface area (Å²) >= 11 is 1.16. The molecule has 37 heavy (non-hydrogen) atoms. The van der Waals surface area contributed by atoms with Crippen LogP contribution in [0.4, 0.5) is 11.4 Å². The number of benzene rings is 1. The highest BCUT2D eigenvalue weighted by molar-refractivity contribution is 7.18. The minimum Gasteiger partial charge on any atom is -0.477 e. The van der Waals surface area contributed by atoms with E-state index in [-0.39, 0.29) is 28.7 Å². The fourth-order valence-corrected chi connectivity index (χ4v) is 5.81. The van der Waals surface area contributed by atoms with E-state index in [1.165, 1.54) is 0 Å². The fraction of sp³-hybridized carbons (Fsp3) is 0.379. The summed E-state index contributed by atoms with van der Waals surface area (Å²) in [5, 5.41) is 12.9. The van der Waals surface area contributed by atoms with E-state index in [4.69, 9.17) is 0 Å². The van der Waals surface area contributed by atoms with E-state index in [9.17, 15) is 19.5 Å². The summed E-state index contributed by atoms with van der Waals surface area (Å²) in [6.07, 6.45) is 5.32. The van der Waals surface area contributed by atoms with Crippen LogP contribution < -0.4 is 10.2 Å². The Labute approximate surface area is 221 Å². The van der Waals surface area contributed by atoms with Crippen LogP contribution in [-0.2, 0) is 4.79 Å². The molecule has 1 fully saturated rings. The highest BCUT2D eigenvalue weighted by atomic mass is 32.1.